The lowest BCUT2D eigenvalue weighted by molar-refractivity contribution is 0.284. The van der Waals surface area contributed by atoms with Crippen LogP contribution in [-0.2, 0) is 0 Å². The summed E-state index contributed by atoms with van der Waals surface area (Å²) in [4.78, 5) is 0. The summed E-state index contributed by atoms with van der Waals surface area (Å²) >= 11 is 0. The highest BCUT2D eigenvalue weighted by atomic mass is 14.9. The lowest BCUT2D eigenvalue weighted by Gasteiger charge is -2.33. The maximum Gasteiger partial charge on any atom is 0.0278 e. The topological polar surface area (TPSA) is 12.0 Å². The lowest BCUT2D eigenvalue weighted by atomic mass is 9.85. The third kappa shape index (κ3) is 4.35. The Hall–Kier alpha value is -0.460. The molecule has 1 N–H and O–H groups in total. The minimum Gasteiger partial charge on any atom is -0.385 e. The molecule has 78 valence electrons. The van der Waals surface area contributed by atoms with Crippen molar-refractivity contribution in [3.8, 4) is 0 Å². The van der Waals surface area contributed by atoms with Crippen LogP contribution in [0.4, 0.5) is 0 Å². The highest BCUT2D eigenvalue weighted by molar-refractivity contribution is 5.04. The quantitative estimate of drug-likeness (QED) is 0.690. The second-order valence-corrected chi connectivity index (χ2v) is 5.96. The van der Waals surface area contributed by atoms with Crippen molar-refractivity contribution in [3.63, 3.8) is 0 Å². The summed E-state index contributed by atoms with van der Waals surface area (Å²) in [5.41, 5.74) is 1.56. The molecule has 0 saturated carbocycles. The van der Waals surface area contributed by atoms with Crippen LogP contribution in [0, 0.1) is 10.8 Å². The van der Waals surface area contributed by atoms with Gasteiger partial charge in [0, 0.05) is 17.2 Å². The summed E-state index contributed by atoms with van der Waals surface area (Å²) in [6.45, 7) is 19.5. The normalized spacial score (nSPS) is 15.3. The van der Waals surface area contributed by atoms with Gasteiger partial charge in [0.15, 0.2) is 0 Å². The average molecular weight is 183 g/mol. The molecule has 0 saturated heterocycles. The third-order valence-corrected chi connectivity index (χ3v) is 2.60. The largest absolute Gasteiger partial charge is 0.385 e. The van der Waals surface area contributed by atoms with E-state index in [0.29, 0.717) is 6.04 Å². The van der Waals surface area contributed by atoms with Gasteiger partial charge in [0.25, 0.3) is 0 Å². The first-order chi connectivity index (χ1) is 5.55. The van der Waals surface area contributed by atoms with Crippen molar-refractivity contribution in [1.29, 1.82) is 0 Å². The van der Waals surface area contributed by atoms with E-state index < -0.39 is 0 Å². The average Bonchev–Trinajstić information content (AvgIpc) is 1.82. The molecule has 0 amide bonds. The Balaban J connectivity index is 4.24. The van der Waals surface area contributed by atoms with Crippen LogP contribution < -0.4 is 5.32 Å². The van der Waals surface area contributed by atoms with Crippen LogP contribution in [0.2, 0.25) is 0 Å². The number of nitrogens with one attached hydrogen (secondary N) is 1. The summed E-state index contributed by atoms with van der Waals surface area (Å²) in [5, 5.41) is 3.47. The van der Waals surface area contributed by atoms with E-state index in [2.05, 4.69) is 60.4 Å². The Kier molecular flexibility index (Phi) is 3.60. The molecule has 0 radical (unpaired) electrons. The first kappa shape index (κ1) is 12.5. The summed E-state index contributed by atoms with van der Waals surface area (Å²) in [6.07, 6.45) is 0. The zero-order valence-electron chi connectivity index (χ0n) is 10.3. The molecule has 0 fully saturated rings. The van der Waals surface area contributed by atoms with Crippen LogP contribution in [0.3, 0.4) is 0 Å². The Labute approximate surface area is 83.6 Å². The summed E-state index contributed by atoms with van der Waals surface area (Å²) < 4.78 is 0. The van der Waals surface area contributed by atoms with Crippen molar-refractivity contribution in [3.05, 3.63) is 12.3 Å². The molecule has 0 aliphatic rings. The standard InChI is InChI=1S/C12H25N/c1-9(11(3,4)5)13-10(2)12(6,7)8/h10,13H,1H2,2-8H3/t10-/m1/s1. The molecule has 0 aliphatic carbocycles. The molecule has 0 rings (SSSR count). The first-order valence-corrected chi connectivity index (χ1v) is 5.01. The van der Waals surface area contributed by atoms with Crippen molar-refractivity contribution in [2.75, 3.05) is 0 Å². The van der Waals surface area contributed by atoms with Gasteiger partial charge in [-0.1, -0.05) is 48.1 Å². The van der Waals surface area contributed by atoms with Gasteiger partial charge in [-0.2, -0.15) is 0 Å². The molecule has 0 aromatic heterocycles. The number of hydrogen-bond donors (Lipinski definition) is 1. The molecule has 0 bridgehead atoms. The fraction of sp³-hybridized carbons (Fsp3) is 0.833. The predicted octanol–water partition coefficient (Wildman–Crippen LogP) is 3.57. The van der Waals surface area contributed by atoms with E-state index in [4.69, 9.17) is 0 Å². The number of allylic oxidation sites excluding steroid dienone is 1. The zero-order chi connectivity index (χ0) is 10.9. The van der Waals surface area contributed by atoms with Crippen LogP contribution in [0.25, 0.3) is 0 Å². The molecule has 0 spiro atoms. The SMILES string of the molecule is C=C(N[C@H](C)C(C)(C)C)C(C)(C)C. The summed E-state index contributed by atoms with van der Waals surface area (Å²) in [6, 6.07) is 0.458. The smallest absolute Gasteiger partial charge is 0.0278 e. The van der Waals surface area contributed by atoms with E-state index in [1.807, 2.05) is 0 Å². The fourth-order valence-electron chi connectivity index (χ4n) is 0.694. The maximum atomic E-state index is 4.07. The van der Waals surface area contributed by atoms with Gasteiger partial charge in [-0.3, -0.25) is 0 Å². The van der Waals surface area contributed by atoms with E-state index in [1.165, 1.54) is 0 Å². The molecular weight excluding hydrogens is 158 g/mol. The number of hydrogen-bond acceptors (Lipinski definition) is 1. The molecule has 1 heteroatoms. The highest BCUT2D eigenvalue weighted by Gasteiger charge is 2.23. The molecule has 1 atom stereocenters. The van der Waals surface area contributed by atoms with E-state index in [0.717, 1.165) is 5.70 Å². The third-order valence-electron chi connectivity index (χ3n) is 2.60. The first-order valence-electron chi connectivity index (χ1n) is 5.01. The van der Waals surface area contributed by atoms with Crippen molar-refractivity contribution >= 4 is 0 Å². The van der Waals surface area contributed by atoms with Gasteiger partial charge in [-0.15, -0.1) is 0 Å². The molecule has 0 unspecified atom stereocenters. The molecule has 0 aliphatic heterocycles. The molecule has 1 nitrogen and oxygen atoms in total. The van der Waals surface area contributed by atoms with Gasteiger partial charge in [0.2, 0.25) is 0 Å². The second kappa shape index (κ2) is 3.73. The minimum atomic E-state index is 0.152. The van der Waals surface area contributed by atoms with Crippen LogP contribution >= 0.6 is 0 Å². The van der Waals surface area contributed by atoms with Crippen LogP contribution in [0.15, 0.2) is 12.3 Å². The van der Waals surface area contributed by atoms with Gasteiger partial charge in [0.05, 0.1) is 0 Å². The summed E-state index contributed by atoms with van der Waals surface area (Å²) in [5.74, 6) is 0. The fourth-order valence-corrected chi connectivity index (χ4v) is 0.694. The Morgan fingerprint density at radius 2 is 1.46 bits per heavy atom. The van der Waals surface area contributed by atoms with Crippen molar-refractivity contribution in [1.82, 2.24) is 5.32 Å². The second-order valence-electron chi connectivity index (χ2n) is 5.96. The summed E-state index contributed by atoms with van der Waals surface area (Å²) in [7, 11) is 0. The Morgan fingerprint density at radius 1 is 1.08 bits per heavy atom. The van der Waals surface area contributed by atoms with Crippen molar-refractivity contribution in [2.45, 2.75) is 54.5 Å². The van der Waals surface area contributed by atoms with E-state index in [1.54, 1.807) is 0 Å². The van der Waals surface area contributed by atoms with Gasteiger partial charge in [-0.05, 0) is 12.3 Å². The Morgan fingerprint density at radius 3 is 1.69 bits per heavy atom. The van der Waals surface area contributed by atoms with Gasteiger partial charge in [-0.25, -0.2) is 0 Å². The van der Waals surface area contributed by atoms with Crippen molar-refractivity contribution < 1.29 is 0 Å². The molecular formula is C12H25N. The Bertz CT molecular complexity index is 178. The van der Waals surface area contributed by atoms with Gasteiger partial charge in [0.1, 0.15) is 0 Å². The zero-order valence-corrected chi connectivity index (χ0v) is 10.3. The van der Waals surface area contributed by atoms with Crippen molar-refractivity contribution in [2.24, 2.45) is 10.8 Å². The maximum absolute atomic E-state index is 4.07. The monoisotopic (exact) mass is 183 g/mol. The van der Waals surface area contributed by atoms with E-state index in [9.17, 15) is 0 Å². The van der Waals surface area contributed by atoms with Gasteiger partial charge >= 0.3 is 0 Å². The van der Waals surface area contributed by atoms with E-state index >= 15 is 0 Å². The highest BCUT2D eigenvalue weighted by Crippen LogP contribution is 2.25. The molecule has 0 aromatic carbocycles. The molecule has 0 aromatic rings. The molecule has 0 heterocycles. The predicted molar refractivity (Wildman–Crippen MR) is 60.6 cm³/mol. The number of rotatable bonds is 2. The van der Waals surface area contributed by atoms with E-state index in [-0.39, 0.29) is 10.8 Å². The minimum absolute atomic E-state index is 0.152. The molecule has 13 heavy (non-hydrogen) atoms. The van der Waals surface area contributed by atoms with Crippen LogP contribution in [0.1, 0.15) is 48.5 Å². The lowest BCUT2D eigenvalue weighted by Crippen LogP contribution is -2.39. The van der Waals surface area contributed by atoms with Gasteiger partial charge < -0.3 is 5.32 Å². The van der Waals surface area contributed by atoms with Crippen LogP contribution in [-0.4, -0.2) is 6.04 Å². The van der Waals surface area contributed by atoms with Crippen LogP contribution in [0.5, 0.6) is 0 Å².